The molecular formula is C19H24O4. The first-order valence-electron chi connectivity index (χ1n) is 7.91. The molecule has 4 nitrogen and oxygen atoms in total. The van der Waals surface area contributed by atoms with Crippen LogP contribution in [0.25, 0.3) is 6.08 Å². The van der Waals surface area contributed by atoms with Crippen LogP contribution in [0.3, 0.4) is 0 Å². The summed E-state index contributed by atoms with van der Waals surface area (Å²) in [5.74, 6) is -0.0422. The zero-order valence-corrected chi connectivity index (χ0v) is 14.2. The molecule has 1 unspecified atom stereocenters. The molecule has 23 heavy (non-hydrogen) atoms. The molecule has 0 spiro atoms. The molecule has 1 aromatic carbocycles. The zero-order valence-electron chi connectivity index (χ0n) is 14.2. The maximum Gasteiger partial charge on any atom is 0.341 e. The minimum absolute atomic E-state index is 0.0939. The number of allylic oxidation sites excluding steroid dienone is 2. The van der Waals surface area contributed by atoms with Crippen molar-refractivity contribution < 1.29 is 19.4 Å². The first-order chi connectivity index (χ1) is 10.9. The quantitative estimate of drug-likeness (QED) is 0.643. The molecule has 1 atom stereocenters. The van der Waals surface area contributed by atoms with E-state index in [2.05, 4.69) is 19.9 Å². The van der Waals surface area contributed by atoms with Crippen LogP contribution >= 0.6 is 0 Å². The van der Waals surface area contributed by atoms with Crippen molar-refractivity contribution in [2.45, 2.75) is 46.1 Å². The number of hydrogen-bond acceptors (Lipinski definition) is 4. The van der Waals surface area contributed by atoms with Crippen molar-refractivity contribution in [3.63, 3.8) is 0 Å². The van der Waals surface area contributed by atoms with Crippen molar-refractivity contribution in [2.24, 2.45) is 0 Å². The number of fused-ring (bicyclic) bond motifs is 1. The molecule has 4 heteroatoms. The fourth-order valence-electron chi connectivity index (χ4n) is 2.54. The van der Waals surface area contributed by atoms with Gasteiger partial charge in [-0.05, 0) is 64.8 Å². The summed E-state index contributed by atoms with van der Waals surface area (Å²) in [6.07, 6.45) is 7.70. The Labute approximate surface area is 137 Å². The molecule has 0 amide bonds. The van der Waals surface area contributed by atoms with Gasteiger partial charge in [0.25, 0.3) is 0 Å². The molecule has 1 N–H and O–H groups in total. The Kier molecular flexibility index (Phi) is 5.14. The first kappa shape index (κ1) is 17.1. The molecule has 0 radical (unpaired) electrons. The van der Waals surface area contributed by atoms with Crippen LogP contribution in [0.5, 0.6) is 11.5 Å². The fourth-order valence-corrected chi connectivity index (χ4v) is 2.54. The van der Waals surface area contributed by atoms with Gasteiger partial charge in [0.1, 0.15) is 22.7 Å². The molecule has 1 aliphatic heterocycles. The lowest BCUT2D eigenvalue weighted by Crippen LogP contribution is -2.31. The van der Waals surface area contributed by atoms with Gasteiger partial charge in [0.15, 0.2) is 0 Å². The molecule has 0 saturated heterocycles. The number of benzene rings is 1. The van der Waals surface area contributed by atoms with E-state index in [1.807, 2.05) is 19.1 Å². The van der Waals surface area contributed by atoms with Gasteiger partial charge < -0.3 is 14.6 Å². The minimum atomic E-state index is -0.530. The van der Waals surface area contributed by atoms with Gasteiger partial charge in [-0.3, -0.25) is 0 Å². The molecule has 0 aromatic heterocycles. The molecule has 1 aliphatic rings. The number of rotatable bonds is 5. The van der Waals surface area contributed by atoms with Crippen molar-refractivity contribution in [3.05, 3.63) is 41.0 Å². The predicted octanol–water partition coefficient (Wildman–Crippen LogP) is 4.48. The Morgan fingerprint density at radius 3 is 2.78 bits per heavy atom. The Bertz CT molecular complexity index is 654. The first-order valence-corrected chi connectivity index (χ1v) is 7.91. The van der Waals surface area contributed by atoms with Crippen LogP contribution in [0.2, 0.25) is 0 Å². The van der Waals surface area contributed by atoms with Crippen molar-refractivity contribution in [1.29, 1.82) is 0 Å². The number of carbonyl (C=O) groups excluding carboxylic acids is 1. The van der Waals surface area contributed by atoms with Crippen LogP contribution in [0, 0.1) is 0 Å². The second-order valence-electron chi connectivity index (χ2n) is 6.16. The smallest absolute Gasteiger partial charge is 0.341 e. The third-order valence-electron chi connectivity index (χ3n) is 3.81. The summed E-state index contributed by atoms with van der Waals surface area (Å²) in [5.41, 5.74) is 1.55. The van der Waals surface area contributed by atoms with Crippen LogP contribution in [-0.4, -0.2) is 23.3 Å². The van der Waals surface area contributed by atoms with E-state index in [4.69, 9.17) is 9.47 Å². The molecule has 1 aromatic rings. The second kappa shape index (κ2) is 6.90. The molecule has 0 bridgehead atoms. The van der Waals surface area contributed by atoms with Crippen molar-refractivity contribution in [2.75, 3.05) is 6.61 Å². The summed E-state index contributed by atoms with van der Waals surface area (Å²) < 4.78 is 11.0. The number of phenols is 1. The van der Waals surface area contributed by atoms with E-state index in [1.54, 1.807) is 19.1 Å². The third kappa shape index (κ3) is 3.95. The lowest BCUT2D eigenvalue weighted by Gasteiger charge is -2.32. The maximum atomic E-state index is 11.8. The van der Waals surface area contributed by atoms with E-state index < -0.39 is 11.6 Å². The van der Waals surface area contributed by atoms with Crippen LogP contribution in [0.15, 0.2) is 29.9 Å². The molecule has 0 aliphatic carbocycles. The highest BCUT2D eigenvalue weighted by Gasteiger charge is 2.29. The van der Waals surface area contributed by atoms with Crippen LogP contribution in [0.4, 0.5) is 0 Å². The molecular weight excluding hydrogens is 292 g/mol. The van der Waals surface area contributed by atoms with Crippen LogP contribution < -0.4 is 4.74 Å². The van der Waals surface area contributed by atoms with E-state index in [9.17, 15) is 9.90 Å². The van der Waals surface area contributed by atoms with E-state index in [1.165, 1.54) is 5.57 Å². The molecule has 2 rings (SSSR count). The lowest BCUT2D eigenvalue weighted by molar-refractivity contribution is 0.0523. The number of esters is 1. The summed E-state index contributed by atoms with van der Waals surface area (Å²) in [6.45, 7) is 8.16. The van der Waals surface area contributed by atoms with Crippen LogP contribution in [0.1, 0.15) is 56.5 Å². The molecule has 124 valence electrons. The summed E-state index contributed by atoms with van der Waals surface area (Å²) in [5, 5.41) is 10.3. The topological polar surface area (TPSA) is 55.8 Å². The van der Waals surface area contributed by atoms with Gasteiger partial charge in [0.05, 0.1) is 12.2 Å². The monoisotopic (exact) mass is 316 g/mol. The minimum Gasteiger partial charge on any atom is -0.506 e. The largest absolute Gasteiger partial charge is 0.506 e. The van der Waals surface area contributed by atoms with E-state index in [0.29, 0.717) is 11.3 Å². The summed E-state index contributed by atoms with van der Waals surface area (Å²) in [4.78, 5) is 11.8. The van der Waals surface area contributed by atoms with Gasteiger partial charge in [-0.25, -0.2) is 4.79 Å². The molecule has 0 fully saturated rings. The summed E-state index contributed by atoms with van der Waals surface area (Å²) >= 11 is 0. The van der Waals surface area contributed by atoms with Crippen molar-refractivity contribution in [1.82, 2.24) is 0 Å². The number of carbonyl (C=O) groups is 1. The lowest BCUT2D eigenvalue weighted by atomic mass is 9.93. The Balaban J connectivity index is 2.23. The predicted molar refractivity (Wildman–Crippen MR) is 90.8 cm³/mol. The van der Waals surface area contributed by atoms with Gasteiger partial charge in [-0.1, -0.05) is 11.6 Å². The van der Waals surface area contributed by atoms with E-state index in [-0.39, 0.29) is 17.9 Å². The highest BCUT2D eigenvalue weighted by atomic mass is 16.5. The highest BCUT2D eigenvalue weighted by molar-refractivity contribution is 5.94. The van der Waals surface area contributed by atoms with Crippen molar-refractivity contribution >= 4 is 12.0 Å². The normalized spacial score (nSPS) is 18.8. The Morgan fingerprint density at radius 2 is 2.13 bits per heavy atom. The van der Waals surface area contributed by atoms with Crippen molar-refractivity contribution in [3.8, 4) is 11.5 Å². The molecule has 1 heterocycles. The van der Waals surface area contributed by atoms with Gasteiger partial charge >= 0.3 is 5.97 Å². The van der Waals surface area contributed by atoms with Gasteiger partial charge in [-0.2, -0.15) is 0 Å². The van der Waals surface area contributed by atoms with E-state index in [0.717, 1.165) is 12.8 Å². The maximum absolute atomic E-state index is 11.8. The Hall–Kier alpha value is -2.23. The zero-order chi connectivity index (χ0) is 17.0. The SMILES string of the molecule is CCOC(=O)c1ccc2c(c1O)C=CC(C)(CCC=C(C)C)O2. The highest BCUT2D eigenvalue weighted by Crippen LogP contribution is 2.40. The summed E-state index contributed by atoms with van der Waals surface area (Å²) in [6, 6.07) is 3.26. The standard InChI is InChI=1S/C19H24O4/c1-5-22-18(21)15-8-9-16-14(17(15)20)10-12-19(4,23-16)11-6-7-13(2)3/h7-10,12,20H,5-6,11H2,1-4H3. The average molecular weight is 316 g/mol. The van der Waals surface area contributed by atoms with Gasteiger partial charge in [-0.15, -0.1) is 0 Å². The number of ether oxygens (including phenoxy) is 2. The van der Waals surface area contributed by atoms with Gasteiger partial charge in [0, 0.05) is 0 Å². The number of hydrogen-bond donors (Lipinski definition) is 1. The third-order valence-corrected chi connectivity index (χ3v) is 3.81. The number of aromatic hydroxyl groups is 1. The molecule has 0 saturated carbocycles. The number of phenolic OH excluding ortho intramolecular Hbond substituents is 1. The fraction of sp³-hybridized carbons (Fsp3) is 0.421. The average Bonchev–Trinajstić information content (AvgIpc) is 2.47. The Morgan fingerprint density at radius 1 is 1.39 bits per heavy atom. The van der Waals surface area contributed by atoms with Gasteiger partial charge in [0.2, 0.25) is 0 Å². The second-order valence-corrected chi connectivity index (χ2v) is 6.16. The summed E-state index contributed by atoms with van der Waals surface area (Å²) in [7, 11) is 0. The van der Waals surface area contributed by atoms with E-state index >= 15 is 0 Å². The van der Waals surface area contributed by atoms with Crippen LogP contribution in [-0.2, 0) is 4.74 Å².